The molecule has 0 amide bonds. The van der Waals surface area contributed by atoms with Crippen molar-refractivity contribution in [2.24, 2.45) is 0 Å². The predicted molar refractivity (Wildman–Crippen MR) is 78.1 cm³/mol. The Labute approximate surface area is 125 Å². The lowest BCUT2D eigenvalue weighted by atomic mass is 10.00. The molecule has 0 atom stereocenters. The maximum absolute atomic E-state index is 13.2. The maximum atomic E-state index is 13.2. The minimum atomic E-state index is -0.547. The maximum Gasteiger partial charge on any atom is 0.258 e. The molecule has 0 saturated heterocycles. The Bertz CT molecular complexity index is 739. The summed E-state index contributed by atoms with van der Waals surface area (Å²) in [5.41, 5.74) is 0.459. The highest BCUT2D eigenvalue weighted by Gasteiger charge is 2.24. The Morgan fingerprint density at radius 1 is 1.33 bits per heavy atom. The molecule has 3 rings (SSSR count). The zero-order chi connectivity index (χ0) is 15.0. The highest BCUT2D eigenvalue weighted by atomic mass is 35.5. The molecule has 2 N–H and O–H groups in total. The Hall–Kier alpha value is -1.88. The first-order chi connectivity index (χ1) is 10.1. The molecule has 6 heteroatoms. The molecule has 1 aliphatic rings. The molecule has 0 unspecified atom stereocenters. The van der Waals surface area contributed by atoms with Crippen molar-refractivity contribution in [3.05, 3.63) is 45.0 Å². The van der Waals surface area contributed by atoms with Crippen LogP contribution in [0, 0.1) is 5.82 Å². The predicted octanol–water partition coefficient (Wildman–Crippen LogP) is 3.59. The smallest absolute Gasteiger partial charge is 0.258 e. The average molecular weight is 309 g/mol. The van der Waals surface area contributed by atoms with Crippen molar-refractivity contribution in [1.82, 2.24) is 9.97 Å². The van der Waals surface area contributed by atoms with E-state index < -0.39 is 5.82 Å². The van der Waals surface area contributed by atoms with Crippen LogP contribution in [0.15, 0.2) is 23.0 Å². The third kappa shape index (κ3) is 2.65. The number of hydrogen-bond acceptors (Lipinski definition) is 3. The molecule has 0 aliphatic heterocycles. The van der Waals surface area contributed by atoms with Crippen LogP contribution in [0.5, 0.6) is 5.88 Å². The van der Waals surface area contributed by atoms with E-state index in [0.717, 1.165) is 25.7 Å². The van der Waals surface area contributed by atoms with Gasteiger partial charge in [0.1, 0.15) is 11.6 Å². The minimum absolute atomic E-state index is 0.0606. The Morgan fingerprint density at radius 3 is 2.67 bits per heavy atom. The van der Waals surface area contributed by atoms with Crippen LogP contribution in [0.2, 0.25) is 5.02 Å². The second-order valence-corrected chi connectivity index (χ2v) is 5.67. The molecule has 1 aliphatic carbocycles. The fourth-order valence-electron chi connectivity index (χ4n) is 2.83. The first-order valence-corrected chi connectivity index (χ1v) is 7.22. The second kappa shape index (κ2) is 5.48. The summed E-state index contributed by atoms with van der Waals surface area (Å²) in [5, 5.41) is 10.0. The van der Waals surface area contributed by atoms with Gasteiger partial charge in [-0.25, -0.2) is 4.39 Å². The Morgan fingerprint density at radius 2 is 2.05 bits per heavy atom. The monoisotopic (exact) mass is 308 g/mol. The van der Waals surface area contributed by atoms with E-state index in [4.69, 9.17) is 11.6 Å². The summed E-state index contributed by atoms with van der Waals surface area (Å²) < 4.78 is 13.2. The van der Waals surface area contributed by atoms with Gasteiger partial charge >= 0.3 is 0 Å². The van der Waals surface area contributed by atoms with E-state index in [0.29, 0.717) is 11.1 Å². The van der Waals surface area contributed by atoms with Crippen LogP contribution in [0.25, 0.3) is 11.4 Å². The molecule has 4 nitrogen and oxygen atoms in total. The third-order valence-corrected chi connectivity index (χ3v) is 4.18. The minimum Gasteiger partial charge on any atom is -0.493 e. The highest BCUT2D eigenvalue weighted by molar-refractivity contribution is 6.31. The quantitative estimate of drug-likeness (QED) is 0.891. The molecule has 1 aromatic heterocycles. The first kappa shape index (κ1) is 14.1. The van der Waals surface area contributed by atoms with Gasteiger partial charge in [0.05, 0.1) is 10.6 Å². The molecule has 0 bridgehead atoms. The zero-order valence-electron chi connectivity index (χ0n) is 11.2. The van der Waals surface area contributed by atoms with E-state index in [1.165, 1.54) is 18.2 Å². The normalized spacial score (nSPS) is 15.5. The summed E-state index contributed by atoms with van der Waals surface area (Å²) in [6.07, 6.45) is 3.89. The molecule has 0 radical (unpaired) electrons. The number of halogens is 2. The number of rotatable bonds is 2. The van der Waals surface area contributed by atoms with E-state index in [-0.39, 0.29) is 28.2 Å². The van der Waals surface area contributed by atoms with E-state index in [2.05, 4.69) is 9.97 Å². The van der Waals surface area contributed by atoms with Gasteiger partial charge in [-0.3, -0.25) is 4.79 Å². The van der Waals surface area contributed by atoms with Gasteiger partial charge in [0.25, 0.3) is 5.56 Å². The van der Waals surface area contributed by atoms with Crippen molar-refractivity contribution in [2.75, 3.05) is 0 Å². The number of aromatic hydroxyl groups is 1. The van der Waals surface area contributed by atoms with Gasteiger partial charge in [-0.1, -0.05) is 24.4 Å². The second-order valence-electron chi connectivity index (χ2n) is 5.26. The molecular weight excluding hydrogens is 295 g/mol. The van der Waals surface area contributed by atoms with Gasteiger partial charge in [0.15, 0.2) is 0 Å². The van der Waals surface area contributed by atoms with Gasteiger partial charge in [-0.05, 0) is 37.0 Å². The topological polar surface area (TPSA) is 66.0 Å². The molecule has 1 saturated carbocycles. The van der Waals surface area contributed by atoms with Crippen molar-refractivity contribution in [1.29, 1.82) is 0 Å². The molecule has 21 heavy (non-hydrogen) atoms. The lowest BCUT2D eigenvalue weighted by Crippen LogP contribution is -2.17. The fourth-order valence-corrected chi connectivity index (χ4v) is 3.01. The average Bonchev–Trinajstić information content (AvgIpc) is 2.95. The van der Waals surface area contributed by atoms with Crippen LogP contribution in [-0.2, 0) is 0 Å². The number of nitrogens with zero attached hydrogens (tertiary/aromatic N) is 1. The molecule has 0 spiro atoms. The van der Waals surface area contributed by atoms with Crippen molar-refractivity contribution < 1.29 is 9.50 Å². The Kier molecular flexibility index (Phi) is 3.68. The van der Waals surface area contributed by atoms with Crippen LogP contribution in [-0.4, -0.2) is 15.1 Å². The lowest BCUT2D eigenvalue weighted by Gasteiger charge is -2.11. The van der Waals surface area contributed by atoms with Crippen LogP contribution in [0.1, 0.15) is 37.2 Å². The number of hydrogen-bond donors (Lipinski definition) is 2. The largest absolute Gasteiger partial charge is 0.493 e. The number of benzene rings is 1. The summed E-state index contributed by atoms with van der Waals surface area (Å²) in [7, 11) is 0. The molecule has 1 aromatic carbocycles. The number of nitrogens with one attached hydrogen (secondary N) is 1. The van der Waals surface area contributed by atoms with Gasteiger partial charge < -0.3 is 10.1 Å². The van der Waals surface area contributed by atoms with Crippen LogP contribution in [0.4, 0.5) is 4.39 Å². The van der Waals surface area contributed by atoms with Gasteiger partial charge in [-0.2, -0.15) is 4.98 Å². The highest BCUT2D eigenvalue weighted by Crippen LogP contribution is 2.36. The third-order valence-electron chi connectivity index (χ3n) is 3.89. The van der Waals surface area contributed by atoms with Gasteiger partial charge in [0.2, 0.25) is 5.88 Å². The summed E-state index contributed by atoms with van der Waals surface area (Å²) >= 11 is 5.72. The van der Waals surface area contributed by atoms with Gasteiger partial charge in [0, 0.05) is 5.56 Å². The zero-order valence-corrected chi connectivity index (χ0v) is 12.0. The molecular formula is C15H14ClFN2O2. The summed E-state index contributed by atoms with van der Waals surface area (Å²) in [4.78, 5) is 18.9. The van der Waals surface area contributed by atoms with E-state index in [1.54, 1.807) is 0 Å². The van der Waals surface area contributed by atoms with E-state index in [9.17, 15) is 14.3 Å². The summed E-state index contributed by atoms with van der Waals surface area (Å²) in [5.74, 6) is -0.552. The standard InChI is InChI=1S/C15H14ClFN2O2/c16-10-7-9(5-6-11(10)17)13-18-14(20)12(15(21)19-13)8-3-1-2-4-8/h5-8H,1-4H2,(H2,18,19,20,21). The number of aromatic amines is 1. The van der Waals surface area contributed by atoms with Crippen molar-refractivity contribution >= 4 is 11.6 Å². The summed E-state index contributed by atoms with van der Waals surface area (Å²) in [6, 6.07) is 4.01. The van der Waals surface area contributed by atoms with Gasteiger partial charge in [-0.15, -0.1) is 0 Å². The fraction of sp³-hybridized carbons (Fsp3) is 0.333. The van der Waals surface area contributed by atoms with Crippen LogP contribution < -0.4 is 5.56 Å². The molecule has 1 fully saturated rings. The Balaban J connectivity index is 2.05. The van der Waals surface area contributed by atoms with E-state index >= 15 is 0 Å². The van der Waals surface area contributed by atoms with Crippen molar-refractivity contribution in [3.8, 4) is 17.3 Å². The SMILES string of the molecule is O=c1[nH]c(-c2ccc(F)c(Cl)c2)nc(O)c1C1CCCC1. The number of H-pyrrole nitrogens is 1. The summed E-state index contributed by atoms with van der Waals surface area (Å²) in [6.45, 7) is 0. The number of aromatic nitrogens is 2. The van der Waals surface area contributed by atoms with Crippen molar-refractivity contribution in [2.45, 2.75) is 31.6 Å². The van der Waals surface area contributed by atoms with Crippen LogP contribution >= 0.6 is 11.6 Å². The lowest BCUT2D eigenvalue weighted by molar-refractivity contribution is 0.436. The first-order valence-electron chi connectivity index (χ1n) is 6.85. The molecule has 2 aromatic rings. The van der Waals surface area contributed by atoms with Crippen molar-refractivity contribution in [3.63, 3.8) is 0 Å². The molecule has 1 heterocycles. The molecule has 110 valence electrons. The van der Waals surface area contributed by atoms with Crippen LogP contribution in [0.3, 0.4) is 0 Å². The van der Waals surface area contributed by atoms with E-state index in [1.807, 2.05) is 0 Å².